The molecule has 108 valence electrons. The lowest BCUT2D eigenvalue weighted by Crippen LogP contribution is -2.29. The Balaban J connectivity index is 1.95. The minimum absolute atomic E-state index is 0.113. The molecule has 0 fully saturated rings. The van der Waals surface area contributed by atoms with Crippen molar-refractivity contribution in [2.45, 2.75) is 25.7 Å². The van der Waals surface area contributed by atoms with Crippen LogP contribution in [0.15, 0.2) is 42.5 Å². The van der Waals surface area contributed by atoms with Crippen molar-refractivity contribution >= 4 is 11.5 Å². The number of benzene rings is 2. The third-order valence-corrected chi connectivity index (χ3v) is 4.15. The van der Waals surface area contributed by atoms with Gasteiger partial charge in [-0.15, -0.1) is 0 Å². The maximum Gasteiger partial charge on any atom is 0.172 e. The van der Waals surface area contributed by atoms with Crippen molar-refractivity contribution in [2.24, 2.45) is 0 Å². The molecule has 1 aliphatic rings. The Morgan fingerprint density at radius 2 is 1.86 bits per heavy atom. The molecule has 0 aliphatic carbocycles. The fourth-order valence-corrected chi connectivity index (χ4v) is 2.72. The summed E-state index contributed by atoms with van der Waals surface area (Å²) in [7, 11) is 0. The monoisotopic (exact) mass is 281 g/mol. The zero-order valence-corrected chi connectivity index (χ0v) is 12.3. The van der Waals surface area contributed by atoms with Crippen molar-refractivity contribution < 1.29 is 9.53 Å². The maximum absolute atomic E-state index is 12.9. The summed E-state index contributed by atoms with van der Waals surface area (Å²) in [4.78, 5) is 12.9. The Kier molecular flexibility index (Phi) is 3.20. The van der Waals surface area contributed by atoms with E-state index in [4.69, 9.17) is 10.5 Å². The van der Waals surface area contributed by atoms with Gasteiger partial charge in [-0.2, -0.15) is 0 Å². The van der Waals surface area contributed by atoms with Crippen molar-refractivity contribution in [3.63, 3.8) is 0 Å². The van der Waals surface area contributed by atoms with Gasteiger partial charge in [0.25, 0.3) is 0 Å². The number of nitrogens with two attached hydrogens (primary N) is 1. The van der Waals surface area contributed by atoms with Crippen LogP contribution in [0.3, 0.4) is 0 Å². The third kappa shape index (κ3) is 2.40. The second-order valence-electron chi connectivity index (χ2n) is 6.00. The van der Waals surface area contributed by atoms with Gasteiger partial charge in [-0.05, 0) is 55.3 Å². The van der Waals surface area contributed by atoms with E-state index >= 15 is 0 Å². The van der Waals surface area contributed by atoms with Gasteiger partial charge in [0.05, 0.1) is 12.0 Å². The van der Waals surface area contributed by atoms with Crippen LogP contribution in [-0.4, -0.2) is 12.4 Å². The third-order valence-electron chi connectivity index (χ3n) is 4.15. The molecule has 0 radical (unpaired) electrons. The molecule has 1 aliphatic heterocycles. The van der Waals surface area contributed by atoms with Crippen LogP contribution < -0.4 is 10.5 Å². The molecule has 21 heavy (non-hydrogen) atoms. The predicted molar refractivity (Wildman–Crippen MR) is 83.9 cm³/mol. The quantitative estimate of drug-likeness (QED) is 0.693. The van der Waals surface area contributed by atoms with Crippen LogP contribution in [0.4, 0.5) is 5.69 Å². The van der Waals surface area contributed by atoms with E-state index < -0.39 is 5.41 Å². The van der Waals surface area contributed by atoms with Crippen LogP contribution in [0, 0.1) is 0 Å². The Hall–Kier alpha value is -2.29. The highest BCUT2D eigenvalue weighted by molar-refractivity contribution is 6.03. The number of carbonyl (C=O) groups excluding carboxylic acids is 1. The number of nitrogen functional groups attached to an aromatic ring is 1. The van der Waals surface area contributed by atoms with Crippen molar-refractivity contribution in [2.75, 3.05) is 12.3 Å². The van der Waals surface area contributed by atoms with E-state index in [0.29, 0.717) is 12.3 Å². The van der Waals surface area contributed by atoms with Crippen LogP contribution >= 0.6 is 0 Å². The standard InChI is InChI=1S/C18H19NO2/c1-18(2,14-4-6-15(19)7-5-14)17(20)13-3-8-16-12(11-13)9-10-21-16/h3-8,11H,9-10,19H2,1-2H3. The Morgan fingerprint density at radius 3 is 2.57 bits per heavy atom. The number of hydrogen-bond donors (Lipinski definition) is 1. The summed E-state index contributed by atoms with van der Waals surface area (Å²) in [6.07, 6.45) is 0.874. The molecule has 1 heterocycles. The molecular formula is C18H19NO2. The molecule has 0 unspecified atom stereocenters. The molecule has 3 rings (SSSR count). The number of fused-ring (bicyclic) bond motifs is 1. The van der Waals surface area contributed by atoms with Gasteiger partial charge in [0, 0.05) is 17.7 Å². The minimum Gasteiger partial charge on any atom is -0.493 e. The van der Waals surface area contributed by atoms with Gasteiger partial charge in [0.15, 0.2) is 5.78 Å². The smallest absolute Gasteiger partial charge is 0.172 e. The number of rotatable bonds is 3. The first kappa shape index (κ1) is 13.7. The van der Waals surface area contributed by atoms with Crippen molar-refractivity contribution in [3.8, 4) is 5.75 Å². The summed E-state index contributed by atoms with van der Waals surface area (Å²) in [6.45, 7) is 4.60. The Bertz CT molecular complexity index is 687. The Labute approximate surface area is 124 Å². The number of hydrogen-bond acceptors (Lipinski definition) is 3. The van der Waals surface area contributed by atoms with Crippen LogP contribution in [0.1, 0.15) is 35.3 Å². The highest BCUT2D eigenvalue weighted by atomic mass is 16.5. The largest absolute Gasteiger partial charge is 0.493 e. The molecule has 0 amide bonds. The van der Waals surface area contributed by atoms with Gasteiger partial charge >= 0.3 is 0 Å². The molecule has 0 spiro atoms. The van der Waals surface area contributed by atoms with Crippen LogP contribution in [-0.2, 0) is 11.8 Å². The molecule has 0 aromatic heterocycles. The highest BCUT2D eigenvalue weighted by Gasteiger charge is 2.31. The van der Waals surface area contributed by atoms with Crippen LogP contribution in [0.2, 0.25) is 0 Å². The highest BCUT2D eigenvalue weighted by Crippen LogP contribution is 2.31. The number of carbonyl (C=O) groups is 1. The maximum atomic E-state index is 12.9. The van der Waals surface area contributed by atoms with Gasteiger partial charge in [-0.1, -0.05) is 12.1 Å². The molecule has 0 bridgehead atoms. The normalized spacial score (nSPS) is 13.6. The van der Waals surface area contributed by atoms with E-state index in [1.807, 2.05) is 56.3 Å². The van der Waals surface area contributed by atoms with E-state index in [9.17, 15) is 4.79 Å². The summed E-state index contributed by atoms with van der Waals surface area (Å²) in [5.74, 6) is 1.01. The fourth-order valence-electron chi connectivity index (χ4n) is 2.72. The summed E-state index contributed by atoms with van der Waals surface area (Å²) < 4.78 is 5.49. The van der Waals surface area contributed by atoms with Gasteiger partial charge < -0.3 is 10.5 Å². The zero-order valence-electron chi connectivity index (χ0n) is 12.3. The topological polar surface area (TPSA) is 52.3 Å². The first-order chi connectivity index (χ1) is 9.98. The number of ether oxygens (including phenoxy) is 1. The Morgan fingerprint density at radius 1 is 1.14 bits per heavy atom. The van der Waals surface area contributed by atoms with Crippen molar-refractivity contribution in [1.29, 1.82) is 0 Å². The molecule has 2 N–H and O–H groups in total. The summed E-state index contributed by atoms with van der Waals surface area (Å²) in [5, 5.41) is 0. The molecule has 2 aromatic carbocycles. The SMILES string of the molecule is CC(C)(C(=O)c1ccc2c(c1)CCO2)c1ccc(N)cc1. The van der Waals surface area contributed by atoms with E-state index in [-0.39, 0.29) is 5.78 Å². The predicted octanol–water partition coefficient (Wildman–Crippen LogP) is 3.36. The second kappa shape index (κ2) is 4.92. The summed E-state index contributed by atoms with van der Waals surface area (Å²) in [6, 6.07) is 13.2. The molecule has 0 saturated heterocycles. The van der Waals surface area contributed by atoms with Gasteiger partial charge in [0.2, 0.25) is 0 Å². The lowest BCUT2D eigenvalue weighted by atomic mass is 9.77. The molecule has 3 heteroatoms. The zero-order chi connectivity index (χ0) is 15.0. The molecule has 0 saturated carbocycles. The molecule has 3 nitrogen and oxygen atoms in total. The molecule has 0 atom stereocenters. The minimum atomic E-state index is -0.582. The lowest BCUT2D eigenvalue weighted by Gasteiger charge is -2.24. The number of anilines is 1. The van der Waals surface area contributed by atoms with Crippen molar-refractivity contribution in [1.82, 2.24) is 0 Å². The van der Waals surface area contributed by atoms with Gasteiger partial charge in [-0.3, -0.25) is 4.79 Å². The first-order valence-electron chi connectivity index (χ1n) is 7.15. The lowest BCUT2D eigenvalue weighted by molar-refractivity contribution is 0.0908. The van der Waals surface area contributed by atoms with Gasteiger partial charge in [0.1, 0.15) is 5.75 Å². The van der Waals surface area contributed by atoms with Crippen LogP contribution in [0.25, 0.3) is 0 Å². The van der Waals surface area contributed by atoms with E-state index in [0.717, 1.165) is 28.9 Å². The molecule has 2 aromatic rings. The summed E-state index contributed by atoms with van der Waals surface area (Å²) >= 11 is 0. The molecular weight excluding hydrogens is 262 g/mol. The number of Topliss-reactive ketones (excluding diaryl/α,β-unsaturated/α-hetero) is 1. The fraction of sp³-hybridized carbons (Fsp3) is 0.278. The van der Waals surface area contributed by atoms with E-state index in [1.54, 1.807) is 0 Å². The van der Waals surface area contributed by atoms with Gasteiger partial charge in [-0.25, -0.2) is 0 Å². The average Bonchev–Trinajstić information content (AvgIpc) is 2.94. The number of ketones is 1. The van der Waals surface area contributed by atoms with Crippen molar-refractivity contribution in [3.05, 3.63) is 59.2 Å². The van der Waals surface area contributed by atoms with E-state index in [1.165, 1.54) is 0 Å². The van der Waals surface area contributed by atoms with E-state index in [2.05, 4.69) is 0 Å². The second-order valence-corrected chi connectivity index (χ2v) is 6.00. The summed E-state index contributed by atoms with van der Waals surface area (Å²) in [5.41, 5.74) is 8.67. The van der Waals surface area contributed by atoms with Crippen LogP contribution in [0.5, 0.6) is 5.75 Å². The first-order valence-corrected chi connectivity index (χ1v) is 7.15. The average molecular weight is 281 g/mol.